The summed E-state index contributed by atoms with van der Waals surface area (Å²) in [5, 5.41) is 2.65. The van der Waals surface area contributed by atoms with Crippen LogP contribution in [0.1, 0.15) is 81.8 Å². The number of alkyl halides is 3. The molecule has 1 saturated heterocycles. The largest absolute Gasteiger partial charge is 0.534 e. The van der Waals surface area contributed by atoms with E-state index in [1.165, 1.54) is 13.2 Å². The number of nitrogens with one attached hydrogen (secondary N) is 2. The smallest absolute Gasteiger partial charge is 0.453 e. The second-order valence-electron chi connectivity index (χ2n) is 13.8. The van der Waals surface area contributed by atoms with E-state index >= 15 is 0 Å². The van der Waals surface area contributed by atoms with Crippen molar-refractivity contribution in [3.63, 3.8) is 0 Å². The molecule has 1 aliphatic heterocycles. The Morgan fingerprint density at radius 2 is 1.67 bits per heavy atom. The number of benzene rings is 2. The monoisotopic (exact) mass is 702 g/mol. The van der Waals surface area contributed by atoms with Gasteiger partial charge in [-0.2, -0.15) is 21.6 Å². The number of fused-ring (bicyclic) bond motifs is 1. The summed E-state index contributed by atoms with van der Waals surface area (Å²) >= 11 is 0. The first kappa shape index (κ1) is 34.8. The number of nitrogens with zero attached hydrogens (tertiary/aromatic N) is 2. The van der Waals surface area contributed by atoms with Crippen LogP contribution >= 0.6 is 0 Å². The van der Waals surface area contributed by atoms with E-state index in [9.17, 15) is 31.2 Å². The number of H-pyrrole nitrogens is 1. The molecule has 0 radical (unpaired) electrons. The summed E-state index contributed by atoms with van der Waals surface area (Å²) in [5.41, 5.74) is -0.986. The first-order valence-corrected chi connectivity index (χ1v) is 18.1. The van der Waals surface area contributed by atoms with Gasteiger partial charge in [0.05, 0.1) is 25.0 Å². The van der Waals surface area contributed by atoms with E-state index in [2.05, 4.69) is 15.3 Å². The van der Waals surface area contributed by atoms with Gasteiger partial charge in [-0.1, -0.05) is 63.4 Å². The summed E-state index contributed by atoms with van der Waals surface area (Å²) in [6.45, 7) is 4.26. The molecule has 0 bridgehead atoms. The van der Waals surface area contributed by atoms with Gasteiger partial charge in [0.25, 0.3) is 0 Å². The quantitative estimate of drug-likeness (QED) is 0.190. The number of hydrogen-bond donors (Lipinski definition) is 2. The van der Waals surface area contributed by atoms with E-state index < -0.39 is 27.8 Å². The van der Waals surface area contributed by atoms with Crippen molar-refractivity contribution in [3.05, 3.63) is 59.5 Å². The Morgan fingerprint density at radius 3 is 2.33 bits per heavy atom. The normalized spacial score (nSPS) is 19.6. The molecule has 2 aliphatic carbocycles. The average Bonchev–Trinajstić information content (AvgIpc) is 3.82. The molecule has 49 heavy (non-hydrogen) atoms. The minimum Gasteiger partial charge on any atom is -0.453 e. The minimum atomic E-state index is -5.81. The zero-order valence-corrected chi connectivity index (χ0v) is 28.5. The highest BCUT2D eigenvalue weighted by atomic mass is 32.2. The maximum absolute atomic E-state index is 13.5. The van der Waals surface area contributed by atoms with Gasteiger partial charge in [0.2, 0.25) is 5.91 Å². The maximum atomic E-state index is 13.5. The Hall–Kier alpha value is -4.07. The van der Waals surface area contributed by atoms with E-state index in [4.69, 9.17) is 8.92 Å². The molecule has 264 valence electrons. The molecule has 2 fully saturated rings. The van der Waals surface area contributed by atoms with Gasteiger partial charge in [0.1, 0.15) is 17.6 Å². The molecule has 2 amide bonds. The first-order valence-electron chi connectivity index (χ1n) is 16.7. The number of ether oxygens (including phenoxy) is 1. The Balaban J connectivity index is 1.25. The molecule has 2 heterocycles. The van der Waals surface area contributed by atoms with Crippen LogP contribution in [0.25, 0.3) is 22.4 Å². The number of methoxy groups -OCH3 is 1. The molecule has 10 nitrogen and oxygen atoms in total. The van der Waals surface area contributed by atoms with E-state index in [1.807, 2.05) is 38.1 Å². The molecular formula is C35H41F3N4O6S. The van der Waals surface area contributed by atoms with Crippen molar-refractivity contribution in [1.29, 1.82) is 0 Å². The molecule has 3 aliphatic rings. The second-order valence-corrected chi connectivity index (χ2v) is 15.3. The highest BCUT2D eigenvalue weighted by molar-refractivity contribution is 7.88. The Bertz CT molecular complexity index is 1820. The summed E-state index contributed by atoms with van der Waals surface area (Å²) in [7, 11) is -4.55. The van der Waals surface area contributed by atoms with Crippen LogP contribution in [0.15, 0.2) is 42.6 Å². The van der Waals surface area contributed by atoms with Crippen LogP contribution in [0.3, 0.4) is 0 Å². The highest BCUT2D eigenvalue weighted by Gasteiger charge is 2.50. The number of alkyl carbamates (subject to hydrolysis) is 1. The van der Waals surface area contributed by atoms with E-state index in [0.717, 1.165) is 72.9 Å². The lowest BCUT2D eigenvalue weighted by molar-refractivity contribution is -0.135. The van der Waals surface area contributed by atoms with Crippen LogP contribution in [-0.2, 0) is 32.5 Å². The van der Waals surface area contributed by atoms with Gasteiger partial charge >= 0.3 is 21.7 Å². The zero-order valence-electron chi connectivity index (χ0n) is 27.7. The predicted octanol–water partition coefficient (Wildman–Crippen LogP) is 7.07. The summed E-state index contributed by atoms with van der Waals surface area (Å²) in [4.78, 5) is 35.2. The van der Waals surface area contributed by atoms with Crippen molar-refractivity contribution >= 4 is 22.1 Å². The van der Waals surface area contributed by atoms with Crippen molar-refractivity contribution in [2.45, 2.75) is 89.2 Å². The Morgan fingerprint density at radius 1 is 1.00 bits per heavy atom. The van der Waals surface area contributed by atoms with Crippen molar-refractivity contribution in [3.8, 4) is 28.1 Å². The lowest BCUT2D eigenvalue weighted by atomic mass is 9.72. The van der Waals surface area contributed by atoms with Gasteiger partial charge in [-0.15, -0.1) is 0 Å². The molecule has 14 heteroatoms. The molecule has 3 aromatic rings. The number of amides is 2. The van der Waals surface area contributed by atoms with Crippen LogP contribution in [0.2, 0.25) is 0 Å². The standard InChI is InChI=1S/C35H41F3N4O6S/c1-21(2)30(41-33(44)47-3)32(43)42-17-7-8-28(42)31-39-20-27(40-31)23-11-9-22(10-12-23)24-13-14-29(48-49(45,46)35(36,37)38)26-19-34(18-25(24)26)15-5-4-6-16-34/h9-14,20-21,28,30H,4-8,15-19H2,1-3H3,(H,39,40)(H,41,44)/t28-,30-/m0/s1. The molecule has 2 N–H and O–H groups in total. The lowest BCUT2D eigenvalue weighted by Crippen LogP contribution is -2.51. The van der Waals surface area contributed by atoms with Crippen LogP contribution in [-0.4, -0.2) is 60.5 Å². The summed E-state index contributed by atoms with van der Waals surface area (Å²) in [6, 6.07) is 9.69. The topological polar surface area (TPSA) is 131 Å². The molecule has 1 aromatic heterocycles. The van der Waals surface area contributed by atoms with Crippen LogP contribution in [0.4, 0.5) is 18.0 Å². The average molecular weight is 703 g/mol. The number of carbonyl (C=O) groups is 2. The Labute approximate surface area is 283 Å². The number of likely N-dealkylation sites (tertiary alicyclic amines) is 1. The SMILES string of the molecule is COC(=O)N[C@H](C(=O)N1CCC[C@H]1c1ncc(-c2ccc(-c3ccc(OS(=O)(=O)C(F)(F)F)c4c3CC3(CCCCC3)C4)cc2)[nH]1)C(C)C. The maximum Gasteiger partial charge on any atom is 0.534 e. The fourth-order valence-electron chi connectivity index (χ4n) is 7.72. The third-order valence-electron chi connectivity index (χ3n) is 10.2. The number of imidazole rings is 1. The van der Waals surface area contributed by atoms with Gasteiger partial charge < -0.3 is 24.1 Å². The third kappa shape index (κ3) is 6.88. The summed E-state index contributed by atoms with van der Waals surface area (Å²) < 4.78 is 73.1. The highest BCUT2D eigenvalue weighted by Crippen LogP contribution is 2.52. The number of halogens is 3. The van der Waals surface area contributed by atoms with Crippen molar-refractivity contribution in [2.24, 2.45) is 11.3 Å². The first-order chi connectivity index (χ1) is 23.2. The fourth-order valence-corrected chi connectivity index (χ4v) is 8.21. The van der Waals surface area contributed by atoms with Gasteiger partial charge in [-0.25, -0.2) is 9.78 Å². The van der Waals surface area contributed by atoms with Crippen LogP contribution in [0, 0.1) is 11.3 Å². The van der Waals surface area contributed by atoms with Crippen molar-refractivity contribution in [1.82, 2.24) is 20.2 Å². The van der Waals surface area contributed by atoms with Crippen LogP contribution in [0.5, 0.6) is 5.75 Å². The van der Waals surface area contributed by atoms with Gasteiger partial charge in [0.15, 0.2) is 0 Å². The second kappa shape index (κ2) is 13.3. The molecule has 2 atom stereocenters. The Kier molecular flexibility index (Phi) is 9.46. The van der Waals surface area contributed by atoms with E-state index in [1.54, 1.807) is 17.2 Å². The fraction of sp³-hybridized carbons (Fsp3) is 0.514. The third-order valence-corrected chi connectivity index (χ3v) is 11.2. The molecule has 2 aromatic carbocycles. The number of hydrogen-bond acceptors (Lipinski definition) is 7. The number of aromatic amines is 1. The van der Waals surface area contributed by atoms with Gasteiger partial charge in [0, 0.05) is 12.1 Å². The molecule has 6 rings (SSSR count). The number of aromatic nitrogens is 2. The van der Waals surface area contributed by atoms with Crippen molar-refractivity contribution < 1.29 is 40.1 Å². The predicted molar refractivity (Wildman–Crippen MR) is 176 cm³/mol. The van der Waals surface area contributed by atoms with Crippen molar-refractivity contribution in [2.75, 3.05) is 13.7 Å². The lowest BCUT2D eigenvalue weighted by Gasteiger charge is -2.33. The summed E-state index contributed by atoms with van der Waals surface area (Å²) in [6.07, 6.45) is 8.70. The minimum absolute atomic E-state index is 0.122. The zero-order chi connectivity index (χ0) is 35.1. The van der Waals surface area contributed by atoms with Crippen LogP contribution < -0.4 is 9.50 Å². The van der Waals surface area contributed by atoms with E-state index in [0.29, 0.717) is 30.8 Å². The molecular weight excluding hydrogens is 661 g/mol. The molecule has 0 unspecified atom stereocenters. The van der Waals surface area contributed by atoms with Gasteiger partial charge in [-0.05, 0) is 78.2 Å². The molecule has 1 spiro atoms. The number of rotatable bonds is 8. The van der Waals surface area contributed by atoms with E-state index in [-0.39, 0.29) is 29.0 Å². The summed E-state index contributed by atoms with van der Waals surface area (Å²) in [5.74, 6) is 0.0515. The number of carbonyl (C=O) groups excluding carboxylic acids is 2. The van der Waals surface area contributed by atoms with Gasteiger partial charge in [-0.3, -0.25) is 4.79 Å². The molecule has 1 saturated carbocycles.